The number of alkyl halides is 1. The Hall–Kier alpha value is 0.422. The second-order valence-electron chi connectivity index (χ2n) is 3.59. The van der Waals surface area contributed by atoms with Gasteiger partial charge in [-0.05, 0) is 12.3 Å². The minimum atomic E-state index is -1.44. The van der Waals surface area contributed by atoms with Crippen molar-refractivity contribution in [3.63, 3.8) is 0 Å². The van der Waals surface area contributed by atoms with E-state index < -0.39 is 19.5 Å². The minimum absolute atomic E-state index is 0.157. The molecule has 1 nitrogen and oxygen atoms in total. The Morgan fingerprint density at radius 2 is 2.09 bits per heavy atom. The van der Waals surface area contributed by atoms with Crippen LogP contribution in [0.25, 0.3) is 0 Å². The molecule has 0 aromatic carbocycles. The van der Waals surface area contributed by atoms with Crippen LogP contribution >= 0.6 is 0 Å². The van der Waals surface area contributed by atoms with Gasteiger partial charge >= 0.3 is 14.5 Å². The average molecular weight is 174 g/mol. The minimum Gasteiger partial charge on any atom is -0.499 e. The first kappa shape index (κ1) is 9.51. The van der Waals surface area contributed by atoms with E-state index in [9.17, 15) is 4.39 Å². The number of hydrogen-bond acceptors (Lipinski definition) is 1. The van der Waals surface area contributed by atoms with Crippen molar-refractivity contribution >= 4 is 14.5 Å². The molecule has 1 aliphatic heterocycles. The largest absolute Gasteiger partial charge is 0.500 e. The van der Waals surface area contributed by atoms with E-state index in [1.54, 1.807) is 0 Å². The topological polar surface area (TPSA) is 9.23 Å². The van der Waals surface area contributed by atoms with Crippen LogP contribution in [0.5, 0.6) is 0 Å². The first-order chi connectivity index (χ1) is 5.22. The fourth-order valence-corrected chi connectivity index (χ4v) is 4.13. The Kier molecular flexibility index (Phi) is 3.85. The molecule has 64 valence electrons. The molecule has 0 saturated carbocycles. The van der Waals surface area contributed by atoms with E-state index in [0.717, 1.165) is 18.3 Å². The molecule has 1 saturated heterocycles. The molecule has 0 N–H and O–H groups in total. The highest BCUT2D eigenvalue weighted by atomic mass is 27.2. The molecule has 0 radical (unpaired) electrons. The molecule has 1 unspecified atom stereocenters. The summed E-state index contributed by atoms with van der Waals surface area (Å²) in [4.78, 5) is 0. The molecule has 1 heterocycles. The zero-order valence-corrected chi connectivity index (χ0v) is 8.50. The first-order valence-electron chi connectivity index (χ1n) is 4.47. The summed E-state index contributed by atoms with van der Waals surface area (Å²) >= 11 is -1.44. The summed E-state index contributed by atoms with van der Waals surface area (Å²) in [6.45, 7) is 4.69. The van der Waals surface area contributed by atoms with E-state index >= 15 is 0 Å². The van der Waals surface area contributed by atoms with Gasteiger partial charge in [0.25, 0.3) is 0 Å². The average Bonchev–Trinajstić information content (AvgIpc) is 2.05. The predicted octanol–water partition coefficient (Wildman–Crippen LogP) is 2.32. The number of hydrogen-bond donors (Lipinski definition) is 0. The lowest BCUT2D eigenvalue weighted by Gasteiger charge is -2.23. The van der Waals surface area contributed by atoms with Crippen molar-refractivity contribution in [2.24, 2.45) is 5.92 Å². The smallest absolute Gasteiger partial charge is 0.499 e. The number of halogens is 1. The molecule has 1 atom stereocenters. The summed E-state index contributed by atoms with van der Waals surface area (Å²) < 4.78 is 18.8. The molecule has 0 amide bonds. The van der Waals surface area contributed by atoms with Crippen LogP contribution in [0.1, 0.15) is 26.7 Å². The Morgan fingerprint density at radius 1 is 1.36 bits per heavy atom. The zero-order valence-electron chi connectivity index (χ0n) is 7.35. The third kappa shape index (κ3) is 2.74. The van der Waals surface area contributed by atoms with Crippen LogP contribution in [0.15, 0.2) is 0 Å². The summed E-state index contributed by atoms with van der Waals surface area (Å²) in [5, 5.41) is 0.412. The van der Waals surface area contributed by atoms with Gasteiger partial charge in [0.15, 0.2) is 0 Å². The van der Waals surface area contributed by atoms with Gasteiger partial charge < -0.3 is 3.79 Å². The van der Waals surface area contributed by atoms with E-state index in [1.165, 1.54) is 6.42 Å². The standard InChI is InChI=1S/C4H8F.C4H8O.Al/c1-4(2)3-5;1-2-3-4-5;/h3-4H,1-2H3;1-4H2;/q;-1;+1. The molecule has 0 aliphatic carbocycles. The normalized spacial score (nSPS) is 22.4. The van der Waals surface area contributed by atoms with E-state index in [4.69, 9.17) is 3.79 Å². The van der Waals surface area contributed by atoms with Gasteiger partial charge in [-0.2, -0.15) is 0 Å². The van der Waals surface area contributed by atoms with Gasteiger partial charge in [0.05, 0.1) is 5.03 Å². The molecule has 0 bridgehead atoms. The van der Waals surface area contributed by atoms with Crippen molar-refractivity contribution in [1.82, 2.24) is 0 Å². The van der Waals surface area contributed by atoms with Crippen molar-refractivity contribution in [3.8, 4) is 0 Å². The highest BCUT2D eigenvalue weighted by Crippen LogP contribution is 2.20. The summed E-state index contributed by atoms with van der Waals surface area (Å²) in [6.07, 6.45) is 2.32. The van der Waals surface area contributed by atoms with Gasteiger partial charge in [0, 0.05) is 6.61 Å². The van der Waals surface area contributed by atoms with Crippen LogP contribution in [0.3, 0.4) is 0 Å². The highest BCUT2D eigenvalue weighted by Gasteiger charge is 2.35. The summed E-state index contributed by atoms with van der Waals surface area (Å²) in [6, 6.07) is 0. The van der Waals surface area contributed by atoms with E-state index in [2.05, 4.69) is 0 Å². The zero-order chi connectivity index (χ0) is 8.27. The summed E-state index contributed by atoms with van der Waals surface area (Å²) in [5.41, 5.74) is 0. The molecule has 11 heavy (non-hydrogen) atoms. The Balaban J connectivity index is 2.32. The van der Waals surface area contributed by atoms with Crippen molar-refractivity contribution in [2.75, 3.05) is 6.61 Å². The maximum absolute atomic E-state index is 13.3. The van der Waals surface area contributed by atoms with Crippen molar-refractivity contribution in [1.29, 1.82) is 0 Å². The molecule has 0 aromatic heterocycles. The second-order valence-corrected chi connectivity index (χ2v) is 6.22. The third-order valence-electron chi connectivity index (χ3n) is 2.21. The quantitative estimate of drug-likeness (QED) is 0.584. The van der Waals surface area contributed by atoms with Crippen molar-refractivity contribution in [3.05, 3.63) is 0 Å². The Morgan fingerprint density at radius 3 is 2.55 bits per heavy atom. The fourth-order valence-electron chi connectivity index (χ4n) is 1.45. The van der Waals surface area contributed by atoms with Crippen LogP contribution in [0.4, 0.5) is 4.39 Å². The van der Waals surface area contributed by atoms with Crippen LogP contribution in [-0.4, -0.2) is 26.1 Å². The van der Waals surface area contributed by atoms with Gasteiger partial charge in [0.1, 0.15) is 0 Å². The van der Waals surface area contributed by atoms with E-state index in [-0.39, 0.29) is 5.92 Å². The predicted molar refractivity (Wildman–Crippen MR) is 45.5 cm³/mol. The summed E-state index contributed by atoms with van der Waals surface area (Å²) in [7, 11) is 0. The van der Waals surface area contributed by atoms with E-state index in [0.29, 0.717) is 0 Å². The lowest BCUT2D eigenvalue weighted by atomic mass is 10.2. The molecule has 1 fully saturated rings. The van der Waals surface area contributed by atoms with Crippen LogP contribution < -0.4 is 0 Å². The first-order valence-corrected chi connectivity index (χ1v) is 6.43. The molecule has 3 heteroatoms. The van der Waals surface area contributed by atoms with Gasteiger partial charge in [-0.3, -0.25) is 4.39 Å². The van der Waals surface area contributed by atoms with Gasteiger partial charge in [-0.1, -0.05) is 25.6 Å². The third-order valence-corrected chi connectivity index (χ3v) is 5.33. The molecule has 0 aromatic rings. The van der Waals surface area contributed by atoms with Gasteiger partial charge in [-0.25, -0.2) is 0 Å². The monoisotopic (exact) mass is 174 g/mol. The van der Waals surface area contributed by atoms with Crippen molar-refractivity contribution in [2.45, 2.75) is 37.0 Å². The lowest BCUT2D eigenvalue weighted by Crippen LogP contribution is -2.37. The number of rotatable bonds is 2. The molecular formula is C8H16AlFO. The molecule has 0 spiro atoms. The van der Waals surface area contributed by atoms with Gasteiger partial charge in [-0.15, -0.1) is 0 Å². The maximum atomic E-state index is 13.3. The summed E-state index contributed by atoms with van der Waals surface area (Å²) in [5.74, 6) is 0.157. The van der Waals surface area contributed by atoms with Crippen molar-refractivity contribution < 1.29 is 8.18 Å². The Labute approximate surface area is 72.7 Å². The SMILES string of the molecule is CC(C)[CH](F)[Al]1[CH2]CCC[O]1. The van der Waals surface area contributed by atoms with Gasteiger partial charge in [0.2, 0.25) is 0 Å². The Bertz CT molecular complexity index is 113. The van der Waals surface area contributed by atoms with Crippen LogP contribution in [0, 0.1) is 5.92 Å². The molecule has 1 rings (SSSR count). The molecule has 1 aliphatic rings. The fraction of sp³-hybridized carbons (Fsp3) is 1.00. The highest BCUT2D eigenvalue weighted by molar-refractivity contribution is 6.53. The van der Waals surface area contributed by atoms with Crippen LogP contribution in [0.2, 0.25) is 5.28 Å². The van der Waals surface area contributed by atoms with Crippen LogP contribution in [-0.2, 0) is 3.79 Å². The van der Waals surface area contributed by atoms with E-state index in [1.807, 2.05) is 13.8 Å². The second kappa shape index (κ2) is 4.45. The molecular weight excluding hydrogens is 158 g/mol. The maximum Gasteiger partial charge on any atom is 0.500 e. The lowest BCUT2D eigenvalue weighted by molar-refractivity contribution is 0.232.